The van der Waals surface area contributed by atoms with Gasteiger partial charge in [-0.05, 0) is 121 Å². The van der Waals surface area contributed by atoms with Gasteiger partial charge in [0.2, 0.25) is 0 Å². The van der Waals surface area contributed by atoms with Crippen LogP contribution in [-0.2, 0) is 9.84 Å². The maximum Gasteiger partial charge on any atom is 0.259 e. The number of aliphatic imine (C=N–C) groups is 1. The third-order valence-corrected chi connectivity index (χ3v) is 16.0. The molecule has 97 heavy (non-hydrogen) atoms. The molecule has 0 saturated carbocycles. The minimum absolute atomic E-state index is 0.0198. The maximum absolute atomic E-state index is 14.9. The van der Waals surface area contributed by atoms with E-state index in [0.717, 1.165) is 42.5 Å². The van der Waals surface area contributed by atoms with Crippen molar-refractivity contribution < 1.29 is 60.0 Å². The summed E-state index contributed by atoms with van der Waals surface area (Å²) in [6, 6.07) is 35.4. The average molecular weight is 1400 g/mol. The molecule has 4 heterocycles. The fraction of sp³-hybridized carbons (Fsp3) is 0.0769. The Hall–Kier alpha value is -11.7. The number of carbonyl (C=O) groups excluding carboxylic acids is 6. The fourth-order valence-electron chi connectivity index (χ4n) is 8.69. The van der Waals surface area contributed by atoms with Crippen molar-refractivity contribution >= 4 is 132 Å². The van der Waals surface area contributed by atoms with E-state index in [1.54, 1.807) is 60.5 Å². The Morgan fingerprint density at radius 1 is 0.474 bits per heavy atom. The van der Waals surface area contributed by atoms with E-state index in [0.29, 0.717) is 32.0 Å². The van der Waals surface area contributed by atoms with E-state index in [4.69, 9.17) is 56.9 Å². The number of hydrogen-bond donors (Lipinski definition) is 10. The minimum atomic E-state index is -3.12. The molecule has 24 nitrogen and oxygen atoms in total. The maximum atomic E-state index is 14.9. The Morgan fingerprint density at radius 3 is 1.30 bits per heavy atom. The summed E-state index contributed by atoms with van der Waals surface area (Å²) in [6.07, 6.45) is 4.06. The van der Waals surface area contributed by atoms with Crippen LogP contribution in [0.25, 0.3) is 0 Å². The highest BCUT2D eigenvalue weighted by Gasteiger charge is 2.26. The van der Waals surface area contributed by atoms with E-state index in [9.17, 15) is 54.7 Å². The molecule has 0 unspecified atom stereocenters. The van der Waals surface area contributed by atoms with Gasteiger partial charge in [-0.25, -0.2) is 40.9 Å². The van der Waals surface area contributed by atoms with Crippen LogP contribution in [0.15, 0.2) is 186 Å². The molecule has 0 aliphatic carbocycles. The van der Waals surface area contributed by atoms with Gasteiger partial charge in [-0.15, -0.1) is 0 Å². The predicted molar refractivity (Wildman–Crippen MR) is 360 cm³/mol. The molecule has 1 aliphatic heterocycles. The molecular formula is C65H52Cl3F4N15O9S. The first-order valence-electron chi connectivity index (χ1n) is 28.1. The van der Waals surface area contributed by atoms with E-state index >= 15 is 0 Å². The summed E-state index contributed by atoms with van der Waals surface area (Å²) in [4.78, 5) is 93.2. The Balaban J connectivity index is 0.000000187. The van der Waals surface area contributed by atoms with Crippen molar-refractivity contribution in [2.45, 2.75) is 0 Å². The van der Waals surface area contributed by atoms with Gasteiger partial charge in [-0.1, -0.05) is 76.4 Å². The van der Waals surface area contributed by atoms with E-state index in [1.807, 2.05) is 0 Å². The van der Waals surface area contributed by atoms with E-state index in [-0.39, 0.29) is 110 Å². The van der Waals surface area contributed by atoms with Gasteiger partial charge >= 0.3 is 0 Å². The molecule has 0 atom stereocenters. The number of pyridine rings is 3. The molecule has 6 aromatic carbocycles. The summed E-state index contributed by atoms with van der Waals surface area (Å²) >= 11 is 17.3. The van der Waals surface area contributed by atoms with Crippen LogP contribution >= 0.6 is 34.8 Å². The largest absolute Gasteiger partial charge is 0.409 e. The van der Waals surface area contributed by atoms with Crippen LogP contribution in [0.2, 0.25) is 15.1 Å². The van der Waals surface area contributed by atoms with Gasteiger partial charge in [0, 0.05) is 61.0 Å². The topological polar surface area (TPSA) is 371 Å². The number of oxime groups is 1. The predicted octanol–water partition coefficient (Wildman–Crippen LogP) is 10.8. The number of benzene rings is 6. The number of rotatable bonds is 15. The molecule has 0 radical (unpaired) electrons. The molecule has 10 rings (SSSR count). The zero-order chi connectivity index (χ0) is 70.1. The second kappa shape index (κ2) is 32.5. The molecule has 496 valence electrons. The van der Waals surface area contributed by atoms with Crippen molar-refractivity contribution in [2.24, 2.45) is 21.6 Å². The van der Waals surface area contributed by atoms with Crippen molar-refractivity contribution in [1.29, 1.82) is 5.41 Å². The standard InChI is InChI=1S/C24H21ClFN5O4S.C21H17ClFN5O2.C20H14ClF2N5O3/c25-16-6-8-21(28-14-16)30-24(33)18-3-1-2-4-20(18)29-23(32)17-7-5-15(13-19(17)26)22(27)31-9-11-36(34,35)12-10-31;1-25-19(24)12-2-4-13(5-3-12)20(29)27-17-8-7-15(23)10-16(17)21(30)28-18-9-6-14(22)11-26-18;21-11-2-6-17(25-9-11)27-20(30)14-8-12(22)3-5-16(14)26-19(29)13-4-1-10(7-15(13)23)18(24)28-31/h1-8,13-14,27H,9-12H2,(H,29,32)(H,28,30,33);2-11H,1H3,(H2,24,25)(H,27,29)(H,26,28,30);1-9,31H,(H2,24,28)(H,26,29)(H,25,27,30). The van der Waals surface area contributed by atoms with Gasteiger partial charge in [-0.3, -0.25) is 39.2 Å². The molecule has 0 spiro atoms. The van der Waals surface area contributed by atoms with E-state index in [1.165, 1.54) is 85.3 Å². The van der Waals surface area contributed by atoms with Crippen molar-refractivity contribution in [2.75, 3.05) is 63.5 Å². The number of amidine groups is 3. The second-order valence-electron chi connectivity index (χ2n) is 20.3. The Morgan fingerprint density at radius 2 is 0.866 bits per heavy atom. The van der Waals surface area contributed by atoms with E-state index in [2.05, 4.69) is 57.0 Å². The third-order valence-electron chi connectivity index (χ3n) is 13.7. The Labute approximate surface area is 564 Å². The lowest BCUT2D eigenvalue weighted by Crippen LogP contribution is -2.43. The first-order valence-corrected chi connectivity index (χ1v) is 31.1. The molecule has 0 bridgehead atoms. The van der Waals surface area contributed by atoms with Gasteiger partial charge in [0.25, 0.3) is 35.4 Å². The number of anilines is 6. The quantitative estimate of drug-likeness (QED) is 0.0150. The van der Waals surface area contributed by atoms with Crippen molar-refractivity contribution in [3.05, 3.63) is 265 Å². The van der Waals surface area contributed by atoms with Gasteiger partial charge in [0.1, 0.15) is 52.4 Å². The van der Waals surface area contributed by atoms with Gasteiger partial charge in [0.15, 0.2) is 15.7 Å². The van der Waals surface area contributed by atoms with Gasteiger partial charge in [0.05, 0.1) is 71.5 Å². The fourth-order valence-corrected chi connectivity index (χ4v) is 10.2. The monoisotopic (exact) mass is 1400 g/mol. The number of hydrogen-bond acceptors (Lipinski definition) is 15. The van der Waals surface area contributed by atoms with Crippen LogP contribution in [0.3, 0.4) is 0 Å². The number of carbonyl (C=O) groups is 6. The zero-order valence-electron chi connectivity index (χ0n) is 50.2. The van der Waals surface area contributed by atoms with Crippen LogP contribution in [0.1, 0.15) is 78.8 Å². The minimum Gasteiger partial charge on any atom is -0.409 e. The van der Waals surface area contributed by atoms with Crippen molar-refractivity contribution in [3.63, 3.8) is 0 Å². The van der Waals surface area contributed by atoms with Crippen LogP contribution in [0, 0.1) is 28.7 Å². The number of aromatic nitrogens is 3. The number of para-hydroxylation sites is 1. The summed E-state index contributed by atoms with van der Waals surface area (Å²) in [6.45, 7) is 0.296. The smallest absolute Gasteiger partial charge is 0.259 e. The number of halogens is 7. The van der Waals surface area contributed by atoms with Crippen LogP contribution in [0.5, 0.6) is 0 Å². The summed E-state index contributed by atoms with van der Waals surface area (Å²) in [5.74, 6) is -6.72. The van der Waals surface area contributed by atoms with Crippen LogP contribution < -0.4 is 43.4 Å². The highest BCUT2D eigenvalue weighted by atomic mass is 35.5. The van der Waals surface area contributed by atoms with Gasteiger partial charge in [-0.2, -0.15) is 0 Å². The number of nitrogens with zero attached hydrogens (tertiary/aromatic N) is 6. The van der Waals surface area contributed by atoms with Crippen molar-refractivity contribution in [3.8, 4) is 0 Å². The Kier molecular flexibility index (Phi) is 23.8. The molecular weight excluding hydrogens is 1350 g/mol. The number of amides is 6. The molecule has 32 heteroatoms. The lowest BCUT2D eigenvalue weighted by molar-refractivity contribution is 0.100. The summed E-state index contributed by atoms with van der Waals surface area (Å²) in [5, 5.41) is 36.0. The van der Waals surface area contributed by atoms with Crippen LogP contribution in [0.4, 0.5) is 52.1 Å². The van der Waals surface area contributed by atoms with Crippen LogP contribution in [-0.4, -0.2) is 118 Å². The first kappa shape index (κ1) is 71.2. The summed E-state index contributed by atoms with van der Waals surface area (Å²) in [5.41, 5.74) is 11.9. The van der Waals surface area contributed by atoms with Crippen molar-refractivity contribution in [1.82, 2.24) is 19.9 Å². The highest BCUT2D eigenvalue weighted by molar-refractivity contribution is 7.91. The SMILES string of the molecule is CN=C(N)c1ccc(C(=O)Nc2ccc(F)cc2C(=O)Nc2ccc(Cl)cn2)cc1.N/C(=N/O)c1ccc(C(=O)Nc2ccc(F)cc2C(=O)Nc2ccc(Cl)cn2)c(F)c1.N=C(c1ccc(C(=O)Nc2ccccc2C(=O)Nc2ccc(Cl)cn2)c(F)c1)N1CCS(=O)(=O)CC1. The average Bonchev–Trinajstić information content (AvgIpc) is 0.837. The highest BCUT2D eigenvalue weighted by Crippen LogP contribution is 2.25. The molecule has 12 N–H and O–H groups in total. The number of nitrogens with two attached hydrogens (primary N) is 2. The second-order valence-corrected chi connectivity index (χ2v) is 23.9. The molecule has 6 amide bonds. The lowest BCUT2D eigenvalue weighted by atomic mass is 10.1. The molecule has 3 aromatic heterocycles. The molecule has 1 fully saturated rings. The molecule has 9 aromatic rings. The van der Waals surface area contributed by atoms with Gasteiger partial charge < -0.3 is 53.5 Å². The lowest BCUT2D eigenvalue weighted by Gasteiger charge is -2.29. The van der Waals surface area contributed by atoms with E-state index < -0.39 is 68.5 Å². The number of sulfone groups is 1. The first-order chi connectivity index (χ1) is 46.3. The molecule has 1 saturated heterocycles. The molecule has 1 aliphatic rings. The normalized spacial score (nSPS) is 12.4. The zero-order valence-corrected chi connectivity index (χ0v) is 53.3. The summed E-state index contributed by atoms with van der Waals surface area (Å²) < 4.78 is 79.9. The Bertz CT molecular complexity index is 4660. The summed E-state index contributed by atoms with van der Waals surface area (Å²) in [7, 11) is -1.55. The third kappa shape index (κ3) is 19.5. The number of nitrogens with one attached hydrogen (secondary N) is 7.